The van der Waals surface area contributed by atoms with Gasteiger partial charge in [-0.05, 0) is 19.4 Å². The van der Waals surface area contributed by atoms with Gasteiger partial charge in [0, 0.05) is 19.5 Å². The summed E-state index contributed by atoms with van der Waals surface area (Å²) in [5.41, 5.74) is 0. The van der Waals surface area contributed by atoms with Crippen molar-refractivity contribution in [1.82, 2.24) is 4.90 Å². The molecule has 0 aliphatic heterocycles. The first kappa shape index (κ1) is 44.5. The topological polar surface area (TPSA) is 81.0 Å². The van der Waals surface area contributed by atoms with Crippen molar-refractivity contribution >= 4 is 5.97 Å². The lowest BCUT2D eigenvalue weighted by Gasteiger charge is -2.19. The zero-order valence-corrected chi connectivity index (χ0v) is 29.4. The number of hydrogen-bond donors (Lipinski definition) is 3. The van der Waals surface area contributed by atoms with Gasteiger partial charge in [-0.1, -0.05) is 187 Å². The first-order valence-electron chi connectivity index (χ1n) is 19.3. The molecule has 5 nitrogen and oxygen atoms in total. The minimum atomic E-state index is -0.657. The highest BCUT2D eigenvalue weighted by Crippen LogP contribution is 2.15. The second kappa shape index (κ2) is 41.4. The highest BCUT2D eigenvalue weighted by molar-refractivity contribution is 5.66. The molecule has 3 N–H and O–H groups in total. The Labute approximate surface area is 270 Å². The highest BCUT2D eigenvalue weighted by atomic mass is 16.4. The van der Waals surface area contributed by atoms with Crippen LogP contribution < -0.4 is 0 Å². The van der Waals surface area contributed by atoms with Crippen molar-refractivity contribution in [3.8, 4) is 0 Å². The molecular weight excluding hydrogens is 534 g/mol. The lowest BCUT2D eigenvalue weighted by Crippen LogP contribution is -2.30. The molecule has 5 heteroatoms. The summed E-state index contributed by atoms with van der Waals surface area (Å²) in [7, 11) is 0. The van der Waals surface area contributed by atoms with Gasteiger partial charge in [-0.2, -0.15) is 0 Å². The zero-order chi connectivity index (χ0) is 31.9. The first-order chi connectivity index (χ1) is 21.1. The van der Waals surface area contributed by atoms with Crippen LogP contribution in [0.4, 0.5) is 0 Å². The average molecular weight is 614 g/mol. The van der Waals surface area contributed by atoms with E-state index in [2.05, 4.69) is 18.7 Å². The second-order valence-electron chi connectivity index (χ2n) is 13.0. The normalized spacial score (nSPS) is 11.2. The number of unbranched alkanes of at least 4 members (excludes halogenated alkanes) is 27. The summed E-state index contributed by atoms with van der Waals surface area (Å²) in [6.07, 6.45) is 39.6. The van der Waals surface area contributed by atoms with Crippen LogP contribution in [-0.4, -0.2) is 59.0 Å². The smallest absolute Gasteiger partial charge is 0.303 e. The summed E-state index contributed by atoms with van der Waals surface area (Å²) >= 11 is 0. The number of aliphatic hydroxyl groups is 2. The van der Waals surface area contributed by atoms with Gasteiger partial charge in [0.05, 0.1) is 13.2 Å². The molecule has 0 aromatic heterocycles. The van der Waals surface area contributed by atoms with Gasteiger partial charge in [0.25, 0.3) is 0 Å². The number of carboxylic acid groups (broad SMARTS) is 1. The maximum atomic E-state index is 10.3. The lowest BCUT2D eigenvalue weighted by molar-refractivity contribution is -0.137. The Morgan fingerprint density at radius 1 is 0.395 bits per heavy atom. The molecule has 0 aromatic rings. The van der Waals surface area contributed by atoms with Gasteiger partial charge in [0.2, 0.25) is 0 Å². The van der Waals surface area contributed by atoms with Crippen LogP contribution in [0.5, 0.6) is 0 Å². The molecule has 0 saturated heterocycles. The van der Waals surface area contributed by atoms with Gasteiger partial charge in [0.15, 0.2) is 0 Å². The molecule has 0 fully saturated rings. The standard InChI is InChI=1S/C24H51NO2.C14H28O2/c1-2-3-4-5-6-7-8-9-10-11-12-13-14-15-16-17-18-19-20-25(21-23-26)22-24-27;1-2-3-4-5-6-7-8-9-10-11-12-13-14(15)16/h26-27H,2-24H2,1H3;2-13H2,1H3,(H,15,16). The van der Waals surface area contributed by atoms with Crippen molar-refractivity contribution in [2.45, 2.75) is 206 Å². The van der Waals surface area contributed by atoms with Crippen LogP contribution in [0.25, 0.3) is 0 Å². The van der Waals surface area contributed by atoms with E-state index in [0.717, 1.165) is 19.4 Å². The maximum Gasteiger partial charge on any atom is 0.303 e. The summed E-state index contributed by atoms with van der Waals surface area (Å²) in [4.78, 5) is 12.4. The van der Waals surface area contributed by atoms with E-state index in [0.29, 0.717) is 19.5 Å². The monoisotopic (exact) mass is 614 g/mol. The number of aliphatic hydroxyl groups excluding tert-OH is 2. The molecule has 0 heterocycles. The van der Waals surface area contributed by atoms with Crippen LogP contribution in [-0.2, 0) is 4.79 Å². The summed E-state index contributed by atoms with van der Waals surface area (Å²) < 4.78 is 0. The Kier molecular flexibility index (Phi) is 42.8. The summed E-state index contributed by atoms with van der Waals surface area (Å²) in [6, 6.07) is 0. The second-order valence-corrected chi connectivity index (χ2v) is 13.0. The fourth-order valence-corrected chi connectivity index (χ4v) is 5.80. The van der Waals surface area contributed by atoms with Crippen molar-refractivity contribution in [3.63, 3.8) is 0 Å². The van der Waals surface area contributed by atoms with E-state index in [9.17, 15) is 4.79 Å². The Balaban J connectivity index is 0. The molecular formula is C38H79NO4. The Hall–Kier alpha value is -0.650. The molecule has 0 saturated carbocycles. The number of hydrogen-bond acceptors (Lipinski definition) is 4. The van der Waals surface area contributed by atoms with E-state index in [4.69, 9.17) is 15.3 Å². The number of rotatable bonds is 35. The molecule has 0 bridgehead atoms. The predicted molar refractivity (Wildman–Crippen MR) is 188 cm³/mol. The van der Waals surface area contributed by atoms with Crippen LogP contribution in [0.2, 0.25) is 0 Å². The van der Waals surface area contributed by atoms with Gasteiger partial charge in [-0.25, -0.2) is 0 Å². The molecule has 0 aliphatic carbocycles. The zero-order valence-electron chi connectivity index (χ0n) is 29.4. The number of aliphatic carboxylic acids is 1. The average Bonchev–Trinajstić information content (AvgIpc) is 2.99. The summed E-state index contributed by atoms with van der Waals surface area (Å²) in [6.45, 7) is 7.32. The molecule has 0 rings (SSSR count). The van der Waals surface area contributed by atoms with E-state index < -0.39 is 5.97 Å². The molecule has 260 valence electrons. The van der Waals surface area contributed by atoms with Gasteiger partial charge in [-0.15, -0.1) is 0 Å². The molecule has 0 aromatic carbocycles. The molecule has 0 aliphatic rings. The van der Waals surface area contributed by atoms with Crippen molar-refractivity contribution in [3.05, 3.63) is 0 Å². The minimum absolute atomic E-state index is 0.193. The van der Waals surface area contributed by atoms with Crippen LogP contribution >= 0.6 is 0 Å². The van der Waals surface area contributed by atoms with Gasteiger partial charge >= 0.3 is 5.97 Å². The first-order valence-corrected chi connectivity index (χ1v) is 19.3. The number of nitrogens with zero attached hydrogens (tertiary/aromatic N) is 1. The fourth-order valence-electron chi connectivity index (χ4n) is 5.80. The SMILES string of the molecule is CCCCCCCCCCCCCC(=O)O.CCCCCCCCCCCCCCCCCCCCN(CCO)CCO. The summed E-state index contributed by atoms with van der Waals surface area (Å²) in [5.74, 6) is -0.657. The number of carbonyl (C=O) groups is 1. The molecule has 0 amide bonds. The highest BCUT2D eigenvalue weighted by Gasteiger charge is 2.03. The van der Waals surface area contributed by atoms with Crippen LogP contribution in [0.15, 0.2) is 0 Å². The van der Waals surface area contributed by atoms with E-state index in [1.165, 1.54) is 173 Å². The third-order valence-electron chi connectivity index (χ3n) is 8.65. The number of carboxylic acids is 1. The molecule has 0 radical (unpaired) electrons. The van der Waals surface area contributed by atoms with Crippen LogP contribution in [0, 0.1) is 0 Å². The van der Waals surface area contributed by atoms with Crippen LogP contribution in [0.1, 0.15) is 206 Å². The molecule has 43 heavy (non-hydrogen) atoms. The van der Waals surface area contributed by atoms with Crippen LogP contribution in [0.3, 0.4) is 0 Å². The third kappa shape index (κ3) is 43.5. The Morgan fingerprint density at radius 2 is 0.651 bits per heavy atom. The van der Waals surface area contributed by atoms with E-state index in [-0.39, 0.29) is 13.2 Å². The molecule has 0 atom stereocenters. The van der Waals surface area contributed by atoms with E-state index in [1.807, 2.05) is 0 Å². The maximum absolute atomic E-state index is 10.3. The fraction of sp³-hybridized carbons (Fsp3) is 0.974. The molecule has 0 spiro atoms. The van der Waals surface area contributed by atoms with Gasteiger partial charge < -0.3 is 15.3 Å². The quantitative estimate of drug-likeness (QED) is 0.0619. The van der Waals surface area contributed by atoms with E-state index >= 15 is 0 Å². The predicted octanol–water partition coefficient (Wildman–Crippen LogP) is 11.1. The van der Waals surface area contributed by atoms with Crippen molar-refractivity contribution < 1.29 is 20.1 Å². The molecule has 0 unspecified atom stereocenters. The summed E-state index contributed by atoms with van der Waals surface area (Å²) in [5, 5.41) is 26.4. The van der Waals surface area contributed by atoms with Crippen molar-refractivity contribution in [2.24, 2.45) is 0 Å². The largest absolute Gasteiger partial charge is 0.481 e. The van der Waals surface area contributed by atoms with Gasteiger partial charge in [-0.3, -0.25) is 9.69 Å². The lowest BCUT2D eigenvalue weighted by atomic mass is 10.0. The van der Waals surface area contributed by atoms with E-state index in [1.54, 1.807) is 0 Å². The minimum Gasteiger partial charge on any atom is -0.481 e. The van der Waals surface area contributed by atoms with Crippen molar-refractivity contribution in [2.75, 3.05) is 32.8 Å². The third-order valence-corrected chi connectivity index (χ3v) is 8.65. The Morgan fingerprint density at radius 3 is 0.907 bits per heavy atom. The Bertz CT molecular complexity index is 496. The van der Waals surface area contributed by atoms with Gasteiger partial charge in [0.1, 0.15) is 0 Å². The van der Waals surface area contributed by atoms with Crippen molar-refractivity contribution in [1.29, 1.82) is 0 Å².